The van der Waals surface area contributed by atoms with Gasteiger partial charge in [0, 0.05) is 11.2 Å². The molecule has 1 atom stereocenters. The Morgan fingerprint density at radius 2 is 2.00 bits per heavy atom. The fourth-order valence-electron chi connectivity index (χ4n) is 2.67. The maximum absolute atomic E-state index is 9.20. The lowest BCUT2D eigenvalue weighted by Gasteiger charge is -2.35. The largest absolute Gasteiger partial charge is 0.362 e. The fourth-order valence-corrected chi connectivity index (χ4v) is 2.80. The number of nitriles is 1. The molecule has 1 aromatic heterocycles. The highest BCUT2D eigenvalue weighted by molar-refractivity contribution is 6.30. The zero-order valence-corrected chi connectivity index (χ0v) is 12.3. The summed E-state index contributed by atoms with van der Waals surface area (Å²) in [6.07, 6.45) is 5.39. The van der Waals surface area contributed by atoms with Crippen molar-refractivity contribution in [3.8, 4) is 6.07 Å². The number of benzene rings is 1. The second-order valence-corrected chi connectivity index (χ2v) is 5.81. The monoisotopic (exact) mass is 297 g/mol. The molecule has 106 valence electrons. The lowest BCUT2D eigenvalue weighted by Crippen LogP contribution is -2.27. The smallest absolute Gasteiger partial charge is 0.144 e. The van der Waals surface area contributed by atoms with E-state index in [2.05, 4.69) is 16.4 Å². The molecule has 1 saturated carbocycles. The summed E-state index contributed by atoms with van der Waals surface area (Å²) < 4.78 is 0. The molecule has 0 saturated heterocycles. The first kappa shape index (κ1) is 13.9. The summed E-state index contributed by atoms with van der Waals surface area (Å²) in [6, 6.07) is 13.9. The summed E-state index contributed by atoms with van der Waals surface area (Å²) in [5.41, 5.74) is 1.77. The van der Waals surface area contributed by atoms with Gasteiger partial charge < -0.3 is 5.32 Å². The van der Waals surface area contributed by atoms with Crippen molar-refractivity contribution in [1.82, 2.24) is 4.98 Å². The van der Waals surface area contributed by atoms with E-state index in [0.29, 0.717) is 17.3 Å². The van der Waals surface area contributed by atoms with E-state index >= 15 is 0 Å². The first-order valence-corrected chi connectivity index (χ1v) is 7.53. The third-order valence-corrected chi connectivity index (χ3v) is 4.32. The molecule has 0 bridgehead atoms. The van der Waals surface area contributed by atoms with Crippen molar-refractivity contribution >= 4 is 17.4 Å². The van der Waals surface area contributed by atoms with E-state index < -0.39 is 0 Å². The molecule has 0 spiro atoms. The van der Waals surface area contributed by atoms with Crippen molar-refractivity contribution in [3.05, 3.63) is 58.7 Å². The lowest BCUT2D eigenvalue weighted by atomic mass is 9.77. The molecule has 0 aliphatic heterocycles. The van der Waals surface area contributed by atoms with Crippen LogP contribution in [0.15, 0.2) is 42.6 Å². The third kappa shape index (κ3) is 3.01. The van der Waals surface area contributed by atoms with Crippen LogP contribution in [0.3, 0.4) is 0 Å². The van der Waals surface area contributed by atoms with Crippen molar-refractivity contribution in [3.63, 3.8) is 0 Å². The van der Waals surface area contributed by atoms with E-state index in [-0.39, 0.29) is 6.04 Å². The minimum absolute atomic E-state index is 0.179. The van der Waals surface area contributed by atoms with Crippen molar-refractivity contribution in [2.45, 2.75) is 25.3 Å². The second-order valence-electron chi connectivity index (χ2n) is 5.38. The van der Waals surface area contributed by atoms with Crippen LogP contribution in [-0.2, 0) is 0 Å². The van der Waals surface area contributed by atoms with Crippen LogP contribution in [0.1, 0.15) is 36.4 Å². The van der Waals surface area contributed by atoms with E-state index in [1.165, 1.54) is 24.8 Å². The Hall–Kier alpha value is -2.05. The number of hydrogen-bond acceptors (Lipinski definition) is 3. The van der Waals surface area contributed by atoms with Gasteiger partial charge in [0.1, 0.15) is 11.9 Å². The predicted molar refractivity (Wildman–Crippen MR) is 84.1 cm³/mol. The normalized spacial score (nSPS) is 15.8. The van der Waals surface area contributed by atoms with E-state index in [1.54, 1.807) is 18.3 Å². The van der Waals surface area contributed by atoms with Gasteiger partial charge in [-0.2, -0.15) is 5.26 Å². The number of rotatable bonds is 4. The van der Waals surface area contributed by atoms with Gasteiger partial charge in [0.05, 0.1) is 11.6 Å². The summed E-state index contributed by atoms with van der Waals surface area (Å²) in [5.74, 6) is 1.24. The molecule has 1 unspecified atom stereocenters. The Kier molecular flexibility index (Phi) is 4.08. The van der Waals surface area contributed by atoms with Crippen LogP contribution in [0.2, 0.25) is 5.02 Å². The van der Waals surface area contributed by atoms with Gasteiger partial charge in [-0.3, -0.25) is 0 Å². The van der Waals surface area contributed by atoms with Gasteiger partial charge in [-0.05, 0) is 48.6 Å². The SMILES string of the molecule is N#Cc1cccnc1NC(c1ccc(Cl)cc1)C1CCC1. The molecule has 4 heteroatoms. The maximum Gasteiger partial charge on any atom is 0.144 e. The quantitative estimate of drug-likeness (QED) is 0.900. The molecule has 1 aromatic carbocycles. The summed E-state index contributed by atoms with van der Waals surface area (Å²) in [7, 11) is 0. The molecule has 1 heterocycles. The van der Waals surface area contributed by atoms with Gasteiger partial charge >= 0.3 is 0 Å². The van der Waals surface area contributed by atoms with Gasteiger partial charge in [0.15, 0.2) is 0 Å². The van der Waals surface area contributed by atoms with Gasteiger partial charge in [0.25, 0.3) is 0 Å². The number of anilines is 1. The molecule has 1 N–H and O–H groups in total. The van der Waals surface area contributed by atoms with Gasteiger partial charge in [-0.25, -0.2) is 4.98 Å². The molecule has 1 aliphatic carbocycles. The Labute approximate surface area is 129 Å². The van der Waals surface area contributed by atoms with Crippen molar-refractivity contribution in [2.24, 2.45) is 5.92 Å². The average molecular weight is 298 g/mol. The average Bonchev–Trinajstić information content (AvgIpc) is 2.46. The highest BCUT2D eigenvalue weighted by Gasteiger charge is 2.29. The summed E-state index contributed by atoms with van der Waals surface area (Å²) in [4.78, 5) is 4.31. The Bertz CT molecular complexity index is 656. The number of hydrogen-bond donors (Lipinski definition) is 1. The van der Waals surface area contributed by atoms with Crippen LogP contribution < -0.4 is 5.32 Å². The number of nitrogens with zero attached hydrogens (tertiary/aromatic N) is 2. The molecule has 21 heavy (non-hydrogen) atoms. The third-order valence-electron chi connectivity index (χ3n) is 4.07. The molecule has 3 nitrogen and oxygen atoms in total. The predicted octanol–water partition coefficient (Wildman–Crippen LogP) is 4.56. The molecule has 2 aromatic rings. The minimum atomic E-state index is 0.179. The molecule has 1 aliphatic rings. The van der Waals surface area contributed by atoms with Crippen LogP contribution in [0.5, 0.6) is 0 Å². The van der Waals surface area contributed by atoms with E-state index in [9.17, 15) is 5.26 Å². The summed E-state index contributed by atoms with van der Waals surface area (Å²) in [5, 5.41) is 13.4. The summed E-state index contributed by atoms with van der Waals surface area (Å²) >= 11 is 5.98. The highest BCUT2D eigenvalue weighted by atomic mass is 35.5. The molecule has 0 amide bonds. The highest BCUT2D eigenvalue weighted by Crippen LogP contribution is 2.40. The van der Waals surface area contributed by atoms with Crippen LogP contribution in [0, 0.1) is 17.2 Å². The Morgan fingerprint density at radius 1 is 1.24 bits per heavy atom. The summed E-state index contributed by atoms with van der Waals surface area (Å²) in [6.45, 7) is 0. The fraction of sp³-hybridized carbons (Fsp3) is 0.294. The lowest BCUT2D eigenvalue weighted by molar-refractivity contribution is 0.277. The number of halogens is 1. The van der Waals surface area contributed by atoms with E-state index in [0.717, 1.165) is 5.02 Å². The van der Waals surface area contributed by atoms with Crippen molar-refractivity contribution in [1.29, 1.82) is 5.26 Å². The molecule has 1 fully saturated rings. The Morgan fingerprint density at radius 3 is 2.62 bits per heavy atom. The molecule has 3 rings (SSSR count). The topological polar surface area (TPSA) is 48.7 Å². The second kappa shape index (κ2) is 6.15. The van der Waals surface area contributed by atoms with Crippen molar-refractivity contribution < 1.29 is 0 Å². The zero-order chi connectivity index (χ0) is 14.7. The zero-order valence-electron chi connectivity index (χ0n) is 11.6. The van der Waals surface area contributed by atoms with E-state index in [4.69, 9.17) is 11.6 Å². The maximum atomic E-state index is 9.20. The van der Waals surface area contributed by atoms with Crippen LogP contribution in [0.25, 0.3) is 0 Å². The standard InChI is InChI=1S/C17H16ClN3/c18-15-8-6-13(7-9-15)16(12-3-1-4-12)21-17-14(11-19)5-2-10-20-17/h2,5-10,12,16H,1,3-4H2,(H,20,21). The van der Waals surface area contributed by atoms with Gasteiger partial charge in [0.2, 0.25) is 0 Å². The van der Waals surface area contributed by atoms with Crippen LogP contribution in [-0.4, -0.2) is 4.98 Å². The van der Waals surface area contributed by atoms with Crippen molar-refractivity contribution in [2.75, 3.05) is 5.32 Å². The molecule has 0 radical (unpaired) electrons. The van der Waals surface area contributed by atoms with Gasteiger partial charge in [-0.1, -0.05) is 30.2 Å². The number of aromatic nitrogens is 1. The van der Waals surface area contributed by atoms with Crippen LogP contribution >= 0.6 is 11.6 Å². The molecular weight excluding hydrogens is 282 g/mol. The first-order valence-electron chi connectivity index (χ1n) is 7.15. The minimum Gasteiger partial charge on any atom is -0.362 e. The van der Waals surface area contributed by atoms with Crippen LogP contribution in [0.4, 0.5) is 5.82 Å². The van der Waals surface area contributed by atoms with Gasteiger partial charge in [-0.15, -0.1) is 0 Å². The molecular formula is C17H16ClN3. The number of pyridine rings is 1. The number of nitrogens with one attached hydrogen (secondary N) is 1. The first-order chi connectivity index (χ1) is 10.3. The van der Waals surface area contributed by atoms with E-state index in [1.807, 2.05) is 24.3 Å². The Balaban J connectivity index is 1.89.